The van der Waals surface area contributed by atoms with Crippen LogP contribution in [0.2, 0.25) is 0 Å². The summed E-state index contributed by atoms with van der Waals surface area (Å²) in [5, 5.41) is 15.5. The second kappa shape index (κ2) is 11.3. The number of pyridine rings is 1. The maximum Gasteiger partial charge on any atom is 0.219 e. The number of hydrogen-bond donors (Lipinski definition) is 2. The van der Waals surface area contributed by atoms with Gasteiger partial charge in [-0.1, -0.05) is 19.8 Å². The number of nitrogens with two attached hydrogens (primary N) is 1. The van der Waals surface area contributed by atoms with Gasteiger partial charge in [-0.3, -0.25) is 9.78 Å². The van der Waals surface area contributed by atoms with Crippen LogP contribution in [0.5, 0.6) is 0 Å². The molecule has 1 aliphatic heterocycles. The quantitative estimate of drug-likeness (QED) is 0.349. The van der Waals surface area contributed by atoms with E-state index in [1.54, 1.807) is 54.1 Å². The van der Waals surface area contributed by atoms with E-state index in [0.717, 1.165) is 24.1 Å². The van der Waals surface area contributed by atoms with Crippen LogP contribution in [0.25, 0.3) is 16.8 Å². The van der Waals surface area contributed by atoms with Crippen LogP contribution in [-0.2, 0) is 16.8 Å². The molecule has 6 rings (SSSR count). The predicted octanol–water partition coefficient (Wildman–Crippen LogP) is 4.05. The third kappa shape index (κ3) is 5.36. The zero-order valence-corrected chi connectivity index (χ0v) is 24.7. The Balaban J connectivity index is 1.30. The smallest absolute Gasteiger partial charge is 0.219 e. The summed E-state index contributed by atoms with van der Waals surface area (Å²) in [6, 6.07) is 7.42. The number of benzene rings is 1. The Morgan fingerprint density at radius 3 is 2.53 bits per heavy atom. The van der Waals surface area contributed by atoms with Gasteiger partial charge in [-0.05, 0) is 54.7 Å². The molecule has 3 N–H and O–H groups in total. The van der Waals surface area contributed by atoms with Gasteiger partial charge in [0.1, 0.15) is 17.5 Å². The zero-order valence-electron chi connectivity index (χ0n) is 24.7. The van der Waals surface area contributed by atoms with Crippen molar-refractivity contribution in [1.29, 1.82) is 0 Å². The number of amides is 1. The highest BCUT2D eigenvalue weighted by Crippen LogP contribution is 2.40. The van der Waals surface area contributed by atoms with Crippen molar-refractivity contribution in [3.8, 4) is 11.3 Å². The Kier molecular flexibility index (Phi) is 7.64. The third-order valence-corrected chi connectivity index (χ3v) is 9.19. The number of aliphatic hydroxyl groups is 1. The fourth-order valence-electron chi connectivity index (χ4n) is 6.95. The molecule has 1 aromatic carbocycles. The number of rotatable bonds is 6. The van der Waals surface area contributed by atoms with Crippen molar-refractivity contribution >= 4 is 17.1 Å². The summed E-state index contributed by atoms with van der Waals surface area (Å²) in [6.07, 6.45) is 8.20. The Morgan fingerprint density at radius 2 is 1.86 bits per heavy atom. The van der Waals surface area contributed by atoms with Gasteiger partial charge in [0.05, 0.1) is 34.6 Å². The van der Waals surface area contributed by atoms with Crippen LogP contribution >= 0.6 is 0 Å². The number of likely N-dealkylation sites (N-methyl/N-ethyl adjacent to an activating group) is 1. The average molecular weight is 590 g/mol. The molecule has 43 heavy (non-hydrogen) atoms. The van der Waals surface area contributed by atoms with Crippen LogP contribution in [0, 0.1) is 17.6 Å². The van der Waals surface area contributed by atoms with Crippen LogP contribution in [0.4, 0.5) is 14.5 Å². The van der Waals surface area contributed by atoms with Crippen LogP contribution < -0.4 is 10.6 Å². The van der Waals surface area contributed by atoms with Gasteiger partial charge < -0.3 is 20.6 Å². The molecule has 0 spiro atoms. The van der Waals surface area contributed by atoms with E-state index in [1.165, 1.54) is 12.1 Å². The molecule has 2 fully saturated rings. The molecule has 3 atom stereocenters. The molecule has 1 amide bonds. The van der Waals surface area contributed by atoms with Crippen molar-refractivity contribution in [2.45, 2.75) is 63.6 Å². The number of imidazole rings is 1. The molecule has 3 aromatic heterocycles. The molecule has 2 aliphatic rings. The first kappa shape index (κ1) is 29.1. The third-order valence-electron chi connectivity index (χ3n) is 9.19. The van der Waals surface area contributed by atoms with E-state index in [9.17, 15) is 9.90 Å². The molecular weight excluding hydrogens is 552 g/mol. The normalized spacial score (nSPS) is 21.8. The molecule has 0 radical (unpaired) electrons. The number of halogens is 2. The van der Waals surface area contributed by atoms with E-state index < -0.39 is 17.2 Å². The first-order chi connectivity index (χ1) is 20.6. The molecule has 11 heteroatoms. The molecule has 9 nitrogen and oxygen atoms in total. The van der Waals surface area contributed by atoms with Gasteiger partial charge in [0.25, 0.3) is 0 Å². The van der Waals surface area contributed by atoms with E-state index in [2.05, 4.69) is 26.9 Å². The van der Waals surface area contributed by atoms with E-state index in [-0.39, 0.29) is 40.7 Å². The number of hydrogen-bond acceptors (Lipinski definition) is 7. The van der Waals surface area contributed by atoms with Gasteiger partial charge in [-0.2, -0.15) is 5.10 Å². The minimum absolute atomic E-state index is 0.00904. The summed E-state index contributed by atoms with van der Waals surface area (Å²) in [7, 11) is 1.80. The molecule has 4 heterocycles. The molecule has 1 saturated carbocycles. The lowest BCUT2D eigenvalue weighted by molar-refractivity contribution is -0.131. The van der Waals surface area contributed by atoms with Gasteiger partial charge in [0, 0.05) is 63.2 Å². The van der Waals surface area contributed by atoms with Crippen molar-refractivity contribution in [2.24, 2.45) is 11.7 Å². The summed E-state index contributed by atoms with van der Waals surface area (Å²) in [4.78, 5) is 24.9. The van der Waals surface area contributed by atoms with E-state index in [4.69, 9.17) is 5.73 Å². The summed E-state index contributed by atoms with van der Waals surface area (Å²) in [6.45, 7) is 4.93. The number of carbonyl (C=O) groups excluding carboxylic acids is 1. The molecule has 0 bridgehead atoms. The number of fused-ring (bicyclic) bond motifs is 1. The van der Waals surface area contributed by atoms with Gasteiger partial charge in [-0.25, -0.2) is 18.3 Å². The lowest BCUT2D eigenvalue weighted by Crippen LogP contribution is -2.62. The summed E-state index contributed by atoms with van der Waals surface area (Å²) in [5.74, 6) is -0.802. The second-order valence-electron chi connectivity index (χ2n) is 12.1. The fraction of sp³-hybridized carbons (Fsp3) is 0.438. The zero-order chi connectivity index (χ0) is 30.5. The molecule has 1 aliphatic carbocycles. The lowest BCUT2D eigenvalue weighted by atomic mass is 9.88. The minimum atomic E-state index is -1.20. The summed E-state index contributed by atoms with van der Waals surface area (Å²) < 4.78 is 32.4. The number of piperidine rings is 1. The van der Waals surface area contributed by atoms with Crippen LogP contribution in [-0.4, -0.2) is 67.7 Å². The average Bonchev–Trinajstić information content (AvgIpc) is 3.59. The van der Waals surface area contributed by atoms with E-state index in [1.807, 2.05) is 6.07 Å². The Hall–Kier alpha value is -3.96. The number of nitrogens with zero attached hydrogens (tertiary/aromatic N) is 6. The number of anilines is 1. The molecule has 226 valence electrons. The van der Waals surface area contributed by atoms with Crippen LogP contribution in [0.3, 0.4) is 0 Å². The first-order valence-corrected chi connectivity index (χ1v) is 14.8. The van der Waals surface area contributed by atoms with Gasteiger partial charge in [0.2, 0.25) is 5.91 Å². The number of aromatic nitrogens is 4. The highest BCUT2D eigenvalue weighted by Gasteiger charge is 2.37. The SMILES string of the molecule is CC(=O)N(C)[C@@H]1[C@H](N)CN(c2ccncc2Cc2ncc3ccc(-c4c(F)cc(C5(O)CCCC5)cc4F)nn23)C[C@@H]1C. The van der Waals surface area contributed by atoms with Crippen LogP contribution in [0.15, 0.2) is 48.9 Å². The summed E-state index contributed by atoms with van der Waals surface area (Å²) in [5.41, 5.74) is 8.11. The van der Waals surface area contributed by atoms with Crippen molar-refractivity contribution in [3.63, 3.8) is 0 Å². The highest BCUT2D eigenvalue weighted by atomic mass is 19.1. The van der Waals surface area contributed by atoms with Crippen molar-refractivity contribution < 1.29 is 18.7 Å². The Bertz CT molecular complexity index is 1630. The molecule has 4 aromatic rings. The van der Waals surface area contributed by atoms with Gasteiger partial charge in [-0.15, -0.1) is 0 Å². The molecular formula is C32H37F2N7O2. The Labute approximate surface area is 249 Å². The maximum absolute atomic E-state index is 15.4. The van der Waals surface area contributed by atoms with Crippen LogP contribution in [0.1, 0.15) is 56.5 Å². The largest absolute Gasteiger partial charge is 0.385 e. The molecule has 1 saturated heterocycles. The maximum atomic E-state index is 15.4. The van der Waals surface area contributed by atoms with E-state index in [0.29, 0.717) is 43.7 Å². The number of carbonyl (C=O) groups is 1. The standard InChI is InChI=1S/C32H37F2N7O2/c1-19-17-40(18-26(35)31(19)39(3)20(2)42)28-8-11-36-15-21(28)12-29-37-16-23-6-7-27(38-41(23)29)30-24(33)13-22(14-25(30)34)32(43)9-4-5-10-32/h6-8,11,13-16,19,26,31,43H,4-5,9-10,12,17-18,35H2,1-3H3/t19-,26+,31-/m0/s1. The second-order valence-corrected chi connectivity index (χ2v) is 12.1. The fourth-order valence-corrected chi connectivity index (χ4v) is 6.95. The highest BCUT2D eigenvalue weighted by molar-refractivity contribution is 5.73. The van der Waals surface area contributed by atoms with Crippen molar-refractivity contribution in [2.75, 3.05) is 25.0 Å². The van der Waals surface area contributed by atoms with Crippen molar-refractivity contribution in [3.05, 3.63) is 77.5 Å². The predicted molar refractivity (Wildman–Crippen MR) is 159 cm³/mol. The van der Waals surface area contributed by atoms with Gasteiger partial charge >= 0.3 is 0 Å². The van der Waals surface area contributed by atoms with Gasteiger partial charge in [0.15, 0.2) is 0 Å². The molecule has 0 unspecified atom stereocenters. The minimum Gasteiger partial charge on any atom is -0.385 e. The lowest BCUT2D eigenvalue weighted by Gasteiger charge is -2.46. The topological polar surface area (TPSA) is 113 Å². The van der Waals surface area contributed by atoms with Crippen molar-refractivity contribution in [1.82, 2.24) is 24.5 Å². The first-order valence-electron chi connectivity index (χ1n) is 14.8. The Morgan fingerprint density at radius 1 is 1.14 bits per heavy atom. The van der Waals surface area contributed by atoms with E-state index >= 15 is 8.78 Å². The summed E-state index contributed by atoms with van der Waals surface area (Å²) >= 11 is 0. The monoisotopic (exact) mass is 589 g/mol.